The predicted octanol–water partition coefficient (Wildman–Crippen LogP) is 16.8. The Kier molecular flexibility index (Phi) is 9.24. The molecule has 0 saturated carbocycles. The SMILES string of the molecule is C=C/C=C\C(=C\c1ccc2oc3cc4ccccc4cc3c2c1)N(c1cccc(-c2cccc3ccccc23)c1)c1ccc2c(c1)C(c1ccccc1)(c1ccccc1)c1ccccc1-2. The fraction of sp³-hybridized carbons (Fsp3) is 0.0159. The summed E-state index contributed by atoms with van der Waals surface area (Å²) in [5, 5.41) is 6.98. The minimum absolute atomic E-state index is 0.556. The van der Waals surface area contributed by atoms with Gasteiger partial charge in [0.25, 0.3) is 0 Å². The molecule has 0 spiro atoms. The first-order valence-corrected chi connectivity index (χ1v) is 22.3. The third-order valence-electron chi connectivity index (χ3n) is 13.2. The van der Waals surface area contributed by atoms with Crippen LogP contribution in [0.2, 0.25) is 0 Å². The van der Waals surface area contributed by atoms with Gasteiger partial charge < -0.3 is 9.32 Å². The number of allylic oxidation sites excluding steroid dienone is 3. The van der Waals surface area contributed by atoms with Crippen molar-refractivity contribution in [2.45, 2.75) is 5.41 Å². The van der Waals surface area contributed by atoms with Crippen LogP contribution in [0.25, 0.3) is 71.8 Å². The highest BCUT2D eigenvalue weighted by Crippen LogP contribution is 2.57. The van der Waals surface area contributed by atoms with Crippen LogP contribution in [-0.2, 0) is 5.41 Å². The number of furan rings is 1. The summed E-state index contributed by atoms with van der Waals surface area (Å²) in [6, 6.07) is 81.6. The summed E-state index contributed by atoms with van der Waals surface area (Å²) in [5.41, 5.74) is 15.1. The average Bonchev–Trinajstić information content (AvgIpc) is 3.87. The van der Waals surface area contributed by atoms with E-state index in [1.54, 1.807) is 0 Å². The maximum Gasteiger partial charge on any atom is 0.136 e. The number of hydrogen-bond donors (Lipinski definition) is 0. The summed E-state index contributed by atoms with van der Waals surface area (Å²) >= 11 is 0. The molecule has 1 heterocycles. The smallest absolute Gasteiger partial charge is 0.136 e. The molecular weight excluding hydrogens is 787 g/mol. The Bertz CT molecular complexity index is 3640. The van der Waals surface area contributed by atoms with Crippen molar-refractivity contribution in [2.75, 3.05) is 4.90 Å². The molecule has 2 nitrogen and oxygen atoms in total. The Morgan fingerprint density at radius 1 is 0.446 bits per heavy atom. The third kappa shape index (κ3) is 6.33. The summed E-state index contributed by atoms with van der Waals surface area (Å²) in [6.45, 7) is 4.13. The summed E-state index contributed by atoms with van der Waals surface area (Å²) in [5.74, 6) is 0. The van der Waals surface area contributed by atoms with Gasteiger partial charge in [-0.3, -0.25) is 0 Å². The van der Waals surface area contributed by atoms with Crippen molar-refractivity contribution in [3.8, 4) is 22.3 Å². The van der Waals surface area contributed by atoms with Crippen LogP contribution in [0, 0.1) is 0 Å². The van der Waals surface area contributed by atoms with Crippen LogP contribution in [0.4, 0.5) is 11.4 Å². The quantitative estimate of drug-likeness (QED) is 0.135. The van der Waals surface area contributed by atoms with Gasteiger partial charge in [0, 0.05) is 27.8 Å². The molecule has 306 valence electrons. The second kappa shape index (κ2) is 15.7. The van der Waals surface area contributed by atoms with Gasteiger partial charge in [-0.2, -0.15) is 0 Å². The van der Waals surface area contributed by atoms with Crippen molar-refractivity contribution in [1.82, 2.24) is 0 Å². The van der Waals surface area contributed by atoms with E-state index in [-0.39, 0.29) is 0 Å². The molecule has 10 aromatic carbocycles. The van der Waals surface area contributed by atoms with Gasteiger partial charge >= 0.3 is 0 Å². The second-order valence-electron chi connectivity index (χ2n) is 16.9. The molecule has 11 aromatic rings. The van der Waals surface area contributed by atoms with Crippen LogP contribution in [0.1, 0.15) is 27.8 Å². The number of anilines is 2. The Morgan fingerprint density at radius 2 is 1.08 bits per heavy atom. The number of rotatable bonds is 9. The Balaban J connectivity index is 1.11. The topological polar surface area (TPSA) is 16.4 Å². The second-order valence-corrected chi connectivity index (χ2v) is 16.9. The Labute approximate surface area is 379 Å². The largest absolute Gasteiger partial charge is 0.456 e. The molecule has 0 fully saturated rings. The predicted molar refractivity (Wildman–Crippen MR) is 274 cm³/mol. The van der Waals surface area contributed by atoms with Crippen molar-refractivity contribution >= 4 is 60.9 Å². The highest BCUT2D eigenvalue weighted by Gasteiger charge is 2.46. The molecule has 1 aliphatic carbocycles. The van der Waals surface area contributed by atoms with E-state index in [0.29, 0.717) is 0 Å². The Hall–Kier alpha value is -8.46. The van der Waals surface area contributed by atoms with E-state index in [1.165, 1.54) is 60.5 Å². The minimum Gasteiger partial charge on any atom is -0.456 e. The van der Waals surface area contributed by atoms with Gasteiger partial charge in [0.15, 0.2) is 0 Å². The van der Waals surface area contributed by atoms with E-state index in [0.717, 1.165) is 50.1 Å². The zero-order valence-corrected chi connectivity index (χ0v) is 35.7. The molecule has 0 unspecified atom stereocenters. The molecule has 0 N–H and O–H groups in total. The van der Waals surface area contributed by atoms with Crippen molar-refractivity contribution in [2.24, 2.45) is 0 Å². The van der Waals surface area contributed by atoms with E-state index in [4.69, 9.17) is 4.42 Å². The zero-order chi connectivity index (χ0) is 43.3. The van der Waals surface area contributed by atoms with E-state index < -0.39 is 5.41 Å². The highest BCUT2D eigenvalue weighted by molar-refractivity contribution is 6.10. The lowest BCUT2D eigenvalue weighted by atomic mass is 9.67. The van der Waals surface area contributed by atoms with E-state index in [1.807, 2.05) is 12.2 Å². The summed E-state index contributed by atoms with van der Waals surface area (Å²) < 4.78 is 6.46. The molecule has 0 bridgehead atoms. The van der Waals surface area contributed by atoms with Crippen LogP contribution in [0.15, 0.2) is 259 Å². The van der Waals surface area contributed by atoms with Gasteiger partial charge in [-0.25, -0.2) is 0 Å². The first kappa shape index (κ1) is 38.2. The minimum atomic E-state index is -0.556. The van der Waals surface area contributed by atoms with Crippen LogP contribution < -0.4 is 4.90 Å². The van der Waals surface area contributed by atoms with Crippen LogP contribution in [0.5, 0.6) is 0 Å². The van der Waals surface area contributed by atoms with Crippen molar-refractivity contribution < 1.29 is 4.42 Å². The normalized spacial score (nSPS) is 13.1. The first-order chi connectivity index (χ1) is 32.2. The van der Waals surface area contributed by atoms with Gasteiger partial charge in [-0.15, -0.1) is 0 Å². The lowest BCUT2D eigenvalue weighted by Gasteiger charge is -2.35. The number of nitrogens with zero attached hydrogens (tertiary/aromatic N) is 1. The molecule has 2 heteroatoms. The first-order valence-electron chi connectivity index (χ1n) is 22.3. The summed E-state index contributed by atoms with van der Waals surface area (Å²) in [4.78, 5) is 2.41. The molecule has 0 radical (unpaired) electrons. The lowest BCUT2D eigenvalue weighted by Crippen LogP contribution is -2.28. The molecule has 0 aliphatic heterocycles. The zero-order valence-electron chi connectivity index (χ0n) is 35.7. The molecule has 1 aliphatic rings. The average molecular weight is 830 g/mol. The van der Waals surface area contributed by atoms with E-state index >= 15 is 0 Å². The molecule has 0 amide bonds. The van der Waals surface area contributed by atoms with Gasteiger partial charge in [-0.1, -0.05) is 195 Å². The monoisotopic (exact) mass is 829 g/mol. The summed E-state index contributed by atoms with van der Waals surface area (Å²) in [7, 11) is 0. The molecule has 1 aromatic heterocycles. The van der Waals surface area contributed by atoms with E-state index in [9.17, 15) is 0 Å². The lowest BCUT2D eigenvalue weighted by molar-refractivity contribution is 0.669. The molecule has 12 rings (SSSR count). The number of fused-ring (bicyclic) bond motifs is 8. The van der Waals surface area contributed by atoms with Crippen molar-refractivity contribution in [3.05, 3.63) is 283 Å². The van der Waals surface area contributed by atoms with Gasteiger partial charge in [0.2, 0.25) is 0 Å². The molecule has 65 heavy (non-hydrogen) atoms. The van der Waals surface area contributed by atoms with Crippen LogP contribution in [0.3, 0.4) is 0 Å². The van der Waals surface area contributed by atoms with Crippen molar-refractivity contribution in [3.63, 3.8) is 0 Å². The summed E-state index contributed by atoms with van der Waals surface area (Å²) in [6.07, 6.45) is 8.35. The number of hydrogen-bond acceptors (Lipinski definition) is 2. The van der Waals surface area contributed by atoms with Crippen molar-refractivity contribution in [1.29, 1.82) is 0 Å². The van der Waals surface area contributed by atoms with E-state index in [2.05, 4.69) is 248 Å². The van der Waals surface area contributed by atoms with Crippen LogP contribution in [-0.4, -0.2) is 0 Å². The number of benzene rings is 10. The fourth-order valence-electron chi connectivity index (χ4n) is 10.4. The van der Waals surface area contributed by atoms with Crippen LogP contribution >= 0.6 is 0 Å². The maximum absolute atomic E-state index is 6.46. The molecular formula is C63H43NO. The Morgan fingerprint density at radius 3 is 1.88 bits per heavy atom. The van der Waals surface area contributed by atoms with Gasteiger partial charge in [-0.05, 0) is 132 Å². The highest BCUT2D eigenvalue weighted by atomic mass is 16.3. The van der Waals surface area contributed by atoms with Gasteiger partial charge in [0.1, 0.15) is 11.2 Å². The molecule has 0 atom stereocenters. The van der Waals surface area contributed by atoms with Gasteiger partial charge in [0.05, 0.1) is 5.41 Å². The fourth-order valence-corrected chi connectivity index (χ4v) is 10.4. The third-order valence-corrected chi connectivity index (χ3v) is 13.2. The maximum atomic E-state index is 6.46. The molecule has 0 saturated heterocycles. The standard InChI is InChI=1S/C63H43NO/c1-2-3-27-50(37-43-33-36-61-57(38-43)58-40-45-19-10-11-20-46(45)41-62(58)65-61)64(51-28-16-22-47(39-51)54-31-17-21-44-18-12-13-29-53(44)54)52-34-35-56-55-30-14-15-32-59(55)63(60(56)42-52,48-23-6-4-7-24-48)49-25-8-5-9-26-49/h2-42H,1H2/b27-3-,50-37-.